The molecule has 0 aliphatic heterocycles. The molecular formula is C23H21F6N5O. The lowest BCUT2D eigenvalue weighted by atomic mass is 9.53. The van der Waals surface area contributed by atoms with Crippen molar-refractivity contribution in [1.82, 2.24) is 24.9 Å². The van der Waals surface area contributed by atoms with Crippen LogP contribution in [-0.2, 0) is 24.1 Å². The molecule has 12 heteroatoms. The second-order valence-corrected chi connectivity index (χ2v) is 9.34. The van der Waals surface area contributed by atoms with Crippen LogP contribution in [0.25, 0.3) is 17.5 Å². The number of aromatic nitrogens is 5. The average Bonchev–Trinajstić information content (AvgIpc) is 3.45. The number of hydrogen-bond acceptors (Lipinski definition) is 5. The van der Waals surface area contributed by atoms with Gasteiger partial charge in [0.25, 0.3) is 5.89 Å². The predicted molar refractivity (Wildman–Crippen MR) is 112 cm³/mol. The zero-order valence-corrected chi connectivity index (χ0v) is 18.6. The van der Waals surface area contributed by atoms with E-state index in [0.717, 1.165) is 12.1 Å². The lowest BCUT2D eigenvalue weighted by Gasteiger charge is -2.51. The second kappa shape index (κ2) is 7.92. The zero-order chi connectivity index (χ0) is 25.1. The number of halogens is 6. The van der Waals surface area contributed by atoms with Gasteiger partial charge in [-0.1, -0.05) is 23.4 Å². The molecule has 6 nitrogen and oxygen atoms in total. The lowest BCUT2D eigenvalue weighted by molar-refractivity contribution is -0.137. The molecule has 3 aliphatic carbocycles. The Kier molecular flexibility index (Phi) is 5.33. The topological polar surface area (TPSA) is 69.6 Å². The van der Waals surface area contributed by atoms with Gasteiger partial charge in [0.15, 0.2) is 11.6 Å². The van der Waals surface area contributed by atoms with Gasteiger partial charge in [-0.3, -0.25) is 0 Å². The Hall–Kier alpha value is -3.18. The Morgan fingerprint density at radius 2 is 1.54 bits per heavy atom. The molecule has 3 aliphatic rings. The van der Waals surface area contributed by atoms with E-state index in [2.05, 4.69) is 20.3 Å². The van der Waals surface area contributed by atoms with Crippen molar-refractivity contribution in [3.05, 3.63) is 53.4 Å². The van der Waals surface area contributed by atoms with Crippen LogP contribution >= 0.6 is 0 Å². The lowest BCUT2D eigenvalue weighted by Crippen LogP contribution is -2.48. The van der Waals surface area contributed by atoms with Crippen LogP contribution in [0, 0.1) is 0 Å². The Morgan fingerprint density at radius 1 is 0.914 bits per heavy atom. The molecule has 2 heterocycles. The van der Waals surface area contributed by atoms with Crippen LogP contribution in [0.2, 0.25) is 0 Å². The third kappa shape index (κ3) is 4.12. The van der Waals surface area contributed by atoms with Crippen LogP contribution < -0.4 is 0 Å². The molecule has 2 bridgehead atoms. The highest BCUT2D eigenvalue weighted by Crippen LogP contribution is 2.57. The molecule has 3 aromatic rings. The van der Waals surface area contributed by atoms with Crippen molar-refractivity contribution in [2.45, 2.75) is 61.7 Å². The van der Waals surface area contributed by atoms with Crippen molar-refractivity contribution >= 4 is 6.08 Å². The van der Waals surface area contributed by atoms with Gasteiger partial charge in [0.05, 0.1) is 5.56 Å². The maximum absolute atomic E-state index is 13.6. The van der Waals surface area contributed by atoms with E-state index in [9.17, 15) is 26.3 Å². The van der Waals surface area contributed by atoms with E-state index in [1.165, 1.54) is 18.2 Å². The molecule has 0 radical (unpaired) electrons. The third-order valence-corrected chi connectivity index (χ3v) is 7.40. The Bertz CT molecular complexity index is 1250. The first-order valence-electron chi connectivity index (χ1n) is 11.1. The SMILES string of the molecule is Cn1c(-c2ccccc2C(F)(F)F)nnc1C12CCC(c3noc(/C=C/C(F)(F)F)n3)(CC1)CC2. The molecule has 0 unspecified atom stereocenters. The molecule has 1 aromatic carbocycles. The molecule has 186 valence electrons. The van der Waals surface area contributed by atoms with Gasteiger partial charge in [0.2, 0.25) is 0 Å². The standard InChI is InChI=1S/C23H21F6N5O/c1-34-17(14-4-2-3-5-15(14)23(27,28)29)31-32-19(34)21-11-8-20(9-12-21,10-13-21)18-30-16(35-33-18)6-7-22(24,25)26/h2-7H,8-13H2,1H3/b7-6+. The first-order chi connectivity index (χ1) is 16.4. The van der Waals surface area contributed by atoms with E-state index < -0.39 is 23.3 Å². The summed E-state index contributed by atoms with van der Waals surface area (Å²) in [4.78, 5) is 4.19. The Balaban J connectivity index is 1.39. The number of allylic oxidation sites excluding steroid dienone is 1. The highest BCUT2D eigenvalue weighted by Gasteiger charge is 2.54. The molecule has 6 rings (SSSR count). The summed E-state index contributed by atoms with van der Waals surface area (Å²) in [6, 6.07) is 5.30. The van der Waals surface area contributed by atoms with Gasteiger partial charge >= 0.3 is 12.4 Å². The normalized spacial score (nSPS) is 25.0. The highest BCUT2D eigenvalue weighted by atomic mass is 19.4. The van der Waals surface area contributed by atoms with Crippen molar-refractivity contribution in [2.24, 2.45) is 7.05 Å². The summed E-state index contributed by atoms with van der Waals surface area (Å²) in [5.41, 5.74) is -1.54. The van der Waals surface area contributed by atoms with Gasteiger partial charge in [0, 0.05) is 35.6 Å². The van der Waals surface area contributed by atoms with Gasteiger partial charge in [-0.15, -0.1) is 10.2 Å². The van der Waals surface area contributed by atoms with Crippen molar-refractivity contribution in [3.8, 4) is 11.4 Å². The van der Waals surface area contributed by atoms with Crippen LogP contribution in [0.15, 0.2) is 34.9 Å². The predicted octanol–water partition coefficient (Wildman–Crippen LogP) is 6.00. The molecule has 0 atom stereocenters. The summed E-state index contributed by atoms with van der Waals surface area (Å²) < 4.78 is 84.6. The summed E-state index contributed by atoms with van der Waals surface area (Å²) >= 11 is 0. The van der Waals surface area contributed by atoms with E-state index in [-0.39, 0.29) is 28.8 Å². The molecule has 0 N–H and O–H groups in total. The molecular weight excluding hydrogens is 476 g/mol. The van der Waals surface area contributed by atoms with Crippen molar-refractivity contribution in [3.63, 3.8) is 0 Å². The second-order valence-electron chi connectivity index (χ2n) is 9.34. The number of alkyl halides is 6. The zero-order valence-electron chi connectivity index (χ0n) is 18.6. The van der Waals surface area contributed by atoms with Crippen molar-refractivity contribution < 1.29 is 30.9 Å². The van der Waals surface area contributed by atoms with E-state index in [1.54, 1.807) is 11.6 Å². The molecule has 0 amide bonds. The minimum Gasteiger partial charge on any atom is -0.335 e. The quantitative estimate of drug-likeness (QED) is 0.414. The first-order valence-corrected chi connectivity index (χ1v) is 11.1. The van der Waals surface area contributed by atoms with Crippen LogP contribution in [0.5, 0.6) is 0 Å². The van der Waals surface area contributed by atoms with Crippen LogP contribution in [-0.4, -0.2) is 31.1 Å². The van der Waals surface area contributed by atoms with E-state index in [4.69, 9.17) is 4.52 Å². The first kappa shape index (κ1) is 23.6. The summed E-state index contributed by atoms with van der Waals surface area (Å²) in [5, 5.41) is 12.4. The van der Waals surface area contributed by atoms with Gasteiger partial charge < -0.3 is 9.09 Å². The smallest absolute Gasteiger partial charge is 0.335 e. The minimum atomic E-state index is -4.52. The van der Waals surface area contributed by atoms with Gasteiger partial charge in [-0.25, -0.2) is 0 Å². The van der Waals surface area contributed by atoms with Crippen molar-refractivity contribution in [1.29, 1.82) is 0 Å². The maximum atomic E-state index is 13.6. The Morgan fingerprint density at radius 3 is 2.17 bits per heavy atom. The van der Waals surface area contributed by atoms with E-state index >= 15 is 0 Å². The number of benzene rings is 1. The number of rotatable bonds is 4. The number of fused-ring (bicyclic) bond motifs is 3. The fraction of sp³-hybridized carbons (Fsp3) is 0.478. The summed E-state index contributed by atoms with van der Waals surface area (Å²) in [5.74, 6) is 0.990. The maximum Gasteiger partial charge on any atom is 0.417 e. The van der Waals surface area contributed by atoms with Crippen LogP contribution in [0.4, 0.5) is 26.3 Å². The highest BCUT2D eigenvalue weighted by molar-refractivity contribution is 5.61. The van der Waals surface area contributed by atoms with E-state index in [1.807, 2.05) is 0 Å². The molecule has 35 heavy (non-hydrogen) atoms. The van der Waals surface area contributed by atoms with Gasteiger partial charge in [0.1, 0.15) is 5.82 Å². The van der Waals surface area contributed by atoms with E-state index in [0.29, 0.717) is 50.2 Å². The average molecular weight is 497 g/mol. The van der Waals surface area contributed by atoms with Crippen LogP contribution in [0.1, 0.15) is 61.6 Å². The number of hydrogen-bond donors (Lipinski definition) is 0. The molecule has 0 saturated heterocycles. The fourth-order valence-corrected chi connectivity index (χ4v) is 5.49. The van der Waals surface area contributed by atoms with Gasteiger partial charge in [-0.2, -0.15) is 31.3 Å². The summed E-state index contributed by atoms with van der Waals surface area (Å²) in [7, 11) is 1.68. The molecule has 0 spiro atoms. The monoisotopic (exact) mass is 497 g/mol. The molecule has 3 saturated carbocycles. The third-order valence-electron chi connectivity index (χ3n) is 7.40. The fourth-order valence-electron chi connectivity index (χ4n) is 5.49. The summed E-state index contributed by atoms with van der Waals surface area (Å²) in [6.07, 6.45) is -4.15. The summed E-state index contributed by atoms with van der Waals surface area (Å²) in [6.45, 7) is 0. The minimum absolute atomic E-state index is 0.0233. The molecule has 3 fully saturated rings. The van der Waals surface area contributed by atoms with Crippen molar-refractivity contribution in [2.75, 3.05) is 0 Å². The largest absolute Gasteiger partial charge is 0.417 e. The Labute approximate surface area is 196 Å². The number of nitrogens with zero attached hydrogens (tertiary/aromatic N) is 5. The molecule has 2 aromatic heterocycles. The van der Waals surface area contributed by atoms with Crippen LogP contribution in [0.3, 0.4) is 0 Å². The van der Waals surface area contributed by atoms with Gasteiger partial charge in [-0.05, 0) is 44.6 Å².